The second-order valence-electron chi connectivity index (χ2n) is 3.69. The van der Waals surface area contributed by atoms with Crippen LogP contribution in [0.2, 0.25) is 0 Å². The fourth-order valence-electron chi connectivity index (χ4n) is 1.83. The molecule has 1 aliphatic rings. The highest BCUT2D eigenvalue weighted by molar-refractivity contribution is 5.78. The van der Waals surface area contributed by atoms with Crippen LogP contribution >= 0.6 is 0 Å². The number of rotatable bonds is 3. The van der Waals surface area contributed by atoms with E-state index in [0.717, 1.165) is 32.0 Å². The number of hydrogen-bond acceptors (Lipinski definition) is 2. The van der Waals surface area contributed by atoms with Crippen molar-refractivity contribution in [3.8, 4) is 0 Å². The molecule has 1 aliphatic heterocycles. The monoisotopic (exact) mass is 184 g/mol. The van der Waals surface area contributed by atoms with Crippen molar-refractivity contribution in [2.75, 3.05) is 26.8 Å². The molecule has 0 aliphatic carbocycles. The topological polar surface area (TPSA) is 36.3 Å². The average molecular weight is 184 g/mol. The van der Waals surface area contributed by atoms with Gasteiger partial charge in [0.25, 0.3) is 0 Å². The van der Waals surface area contributed by atoms with Crippen molar-refractivity contribution in [3.05, 3.63) is 0 Å². The number of methoxy groups -OCH3 is 1. The van der Waals surface area contributed by atoms with E-state index in [9.17, 15) is 0 Å². The molecule has 0 aromatic heterocycles. The first-order valence-corrected chi connectivity index (χ1v) is 5.09. The molecule has 1 rings (SSSR count). The first kappa shape index (κ1) is 10.5. The normalized spacial score (nSPS) is 19.1. The Bertz CT molecular complexity index is 162. The quantitative estimate of drug-likeness (QED) is 0.535. The van der Waals surface area contributed by atoms with E-state index in [-0.39, 0.29) is 0 Å². The number of nitrogens with one attached hydrogen (secondary N) is 1. The molecule has 13 heavy (non-hydrogen) atoms. The number of piperidine rings is 1. The Labute approximate surface area is 80.6 Å². The van der Waals surface area contributed by atoms with Gasteiger partial charge in [-0.3, -0.25) is 5.41 Å². The number of nitrogens with zero attached hydrogens (tertiary/aromatic N) is 1. The lowest BCUT2D eigenvalue weighted by atomic mass is 9.97. The number of ether oxygens (including phenoxy) is 1. The molecule has 0 saturated carbocycles. The van der Waals surface area contributed by atoms with Crippen molar-refractivity contribution in [3.63, 3.8) is 0 Å². The van der Waals surface area contributed by atoms with Gasteiger partial charge >= 0.3 is 0 Å². The minimum Gasteiger partial charge on any atom is -0.384 e. The summed E-state index contributed by atoms with van der Waals surface area (Å²) in [6.07, 6.45) is 3.21. The van der Waals surface area contributed by atoms with Crippen molar-refractivity contribution < 1.29 is 4.74 Å². The van der Waals surface area contributed by atoms with Gasteiger partial charge in [-0.25, -0.2) is 0 Å². The second kappa shape index (κ2) is 5.22. The van der Waals surface area contributed by atoms with Crippen molar-refractivity contribution >= 4 is 5.84 Å². The lowest BCUT2D eigenvalue weighted by molar-refractivity contribution is 0.118. The Morgan fingerprint density at radius 1 is 1.46 bits per heavy atom. The maximum atomic E-state index is 7.69. The Balaban J connectivity index is 2.26. The summed E-state index contributed by atoms with van der Waals surface area (Å²) in [5, 5.41) is 7.69. The largest absolute Gasteiger partial charge is 0.384 e. The van der Waals surface area contributed by atoms with Crippen LogP contribution in [0.25, 0.3) is 0 Å². The molecule has 3 nitrogen and oxygen atoms in total. The zero-order chi connectivity index (χ0) is 9.68. The summed E-state index contributed by atoms with van der Waals surface area (Å²) in [6.45, 7) is 5.01. The van der Waals surface area contributed by atoms with Gasteiger partial charge < -0.3 is 9.64 Å². The van der Waals surface area contributed by atoms with E-state index >= 15 is 0 Å². The number of likely N-dealkylation sites (tertiary alicyclic amines) is 1. The average Bonchev–Trinajstić information content (AvgIpc) is 2.18. The maximum absolute atomic E-state index is 7.69. The van der Waals surface area contributed by atoms with Crippen LogP contribution < -0.4 is 0 Å². The number of hydrogen-bond donors (Lipinski definition) is 1. The van der Waals surface area contributed by atoms with Gasteiger partial charge in [0.05, 0.1) is 5.84 Å². The van der Waals surface area contributed by atoms with Crippen LogP contribution in [0.5, 0.6) is 0 Å². The standard InChI is InChI=1S/C10H20N2O/c1-3-10(11)12-6-4-9(5-7-12)8-13-2/h9,11H,3-8H2,1-2H3. The highest BCUT2D eigenvalue weighted by atomic mass is 16.5. The summed E-state index contributed by atoms with van der Waals surface area (Å²) in [5.74, 6) is 1.50. The summed E-state index contributed by atoms with van der Waals surface area (Å²) in [7, 11) is 1.76. The molecule has 0 radical (unpaired) electrons. The van der Waals surface area contributed by atoms with Gasteiger partial charge in [0.1, 0.15) is 0 Å². The Hall–Kier alpha value is -0.570. The molecular formula is C10H20N2O. The third-order valence-electron chi connectivity index (χ3n) is 2.73. The third kappa shape index (κ3) is 2.99. The summed E-state index contributed by atoms with van der Waals surface area (Å²) in [4.78, 5) is 2.19. The molecule has 0 amide bonds. The molecule has 1 saturated heterocycles. The van der Waals surface area contributed by atoms with Crippen LogP contribution in [0.3, 0.4) is 0 Å². The van der Waals surface area contributed by atoms with Gasteiger partial charge in [-0.05, 0) is 18.8 Å². The van der Waals surface area contributed by atoms with Crippen LogP contribution in [0.15, 0.2) is 0 Å². The minimum absolute atomic E-state index is 0.714. The lowest BCUT2D eigenvalue weighted by Gasteiger charge is -2.33. The van der Waals surface area contributed by atoms with Crippen molar-refractivity contribution in [1.82, 2.24) is 4.90 Å². The molecule has 0 aromatic carbocycles. The summed E-state index contributed by atoms with van der Waals surface area (Å²) >= 11 is 0. The Morgan fingerprint density at radius 2 is 2.08 bits per heavy atom. The smallest absolute Gasteiger partial charge is 0.0954 e. The van der Waals surface area contributed by atoms with E-state index < -0.39 is 0 Å². The van der Waals surface area contributed by atoms with E-state index in [2.05, 4.69) is 4.90 Å². The molecular weight excluding hydrogens is 164 g/mol. The van der Waals surface area contributed by atoms with Gasteiger partial charge in [0.2, 0.25) is 0 Å². The lowest BCUT2D eigenvalue weighted by Crippen LogP contribution is -2.38. The Morgan fingerprint density at radius 3 is 2.54 bits per heavy atom. The van der Waals surface area contributed by atoms with Gasteiger partial charge in [0, 0.05) is 33.2 Å². The summed E-state index contributed by atoms with van der Waals surface area (Å²) in [5.41, 5.74) is 0. The predicted molar refractivity (Wildman–Crippen MR) is 54.2 cm³/mol. The van der Waals surface area contributed by atoms with Crippen LogP contribution in [0.4, 0.5) is 0 Å². The molecule has 1 N–H and O–H groups in total. The van der Waals surface area contributed by atoms with Gasteiger partial charge in [-0.1, -0.05) is 6.92 Å². The zero-order valence-electron chi connectivity index (χ0n) is 8.68. The van der Waals surface area contributed by atoms with Crippen molar-refractivity contribution in [2.24, 2.45) is 5.92 Å². The fraction of sp³-hybridized carbons (Fsp3) is 0.900. The SMILES string of the molecule is CCC(=N)N1CCC(COC)CC1. The summed E-state index contributed by atoms with van der Waals surface area (Å²) in [6, 6.07) is 0. The minimum atomic E-state index is 0.714. The fourth-order valence-corrected chi connectivity index (χ4v) is 1.83. The molecule has 76 valence electrons. The van der Waals surface area contributed by atoms with E-state index in [0.29, 0.717) is 5.92 Å². The Kier molecular flexibility index (Phi) is 4.22. The van der Waals surface area contributed by atoms with Gasteiger partial charge in [-0.15, -0.1) is 0 Å². The molecule has 0 atom stereocenters. The maximum Gasteiger partial charge on any atom is 0.0954 e. The van der Waals surface area contributed by atoms with E-state index in [4.69, 9.17) is 10.1 Å². The van der Waals surface area contributed by atoms with Gasteiger partial charge in [-0.2, -0.15) is 0 Å². The van der Waals surface area contributed by atoms with Crippen LogP contribution in [-0.2, 0) is 4.74 Å². The first-order chi connectivity index (χ1) is 6.27. The first-order valence-electron chi connectivity index (χ1n) is 5.09. The third-order valence-corrected chi connectivity index (χ3v) is 2.73. The van der Waals surface area contributed by atoms with Crippen molar-refractivity contribution in [1.29, 1.82) is 5.41 Å². The van der Waals surface area contributed by atoms with Crippen LogP contribution in [0.1, 0.15) is 26.2 Å². The van der Waals surface area contributed by atoms with E-state index in [1.807, 2.05) is 6.92 Å². The van der Waals surface area contributed by atoms with E-state index in [1.165, 1.54) is 12.8 Å². The molecule has 0 aromatic rings. The van der Waals surface area contributed by atoms with E-state index in [1.54, 1.807) is 7.11 Å². The molecule has 0 unspecified atom stereocenters. The number of amidine groups is 1. The highest BCUT2D eigenvalue weighted by Crippen LogP contribution is 2.17. The molecule has 3 heteroatoms. The molecule has 1 heterocycles. The van der Waals surface area contributed by atoms with Gasteiger partial charge in [0.15, 0.2) is 0 Å². The molecule has 0 bridgehead atoms. The second-order valence-corrected chi connectivity index (χ2v) is 3.69. The summed E-state index contributed by atoms with van der Waals surface area (Å²) < 4.78 is 5.13. The van der Waals surface area contributed by atoms with Crippen LogP contribution in [-0.4, -0.2) is 37.5 Å². The molecule has 1 fully saturated rings. The van der Waals surface area contributed by atoms with Crippen LogP contribution in [0, 0.1) is 11.3 Å². The van der Waals surface area contributed by atoms with Crippen molar-refractivity contribution in [2.45, 2.75) is 26.2 Å². The highest BCUT2D eigenvalue weighted by Gasteiger charge is 2.19. The predicted octanol–water partition coefficient (Wildman–Crippen LogP) is 1.73. The molecule has 0 spiro atoms. The zero-order valence-corrected chi connectivity index (χ0v) is 8.68.